The summed E-state index contributed by atoms with van der Waals surface area (Å²) in [5.74, 6) is 0. The van der Waals surface area contributed by atoms with Crippen LogP contribution in [0.3, 0.4) is 0 Å². The summed E-state index contributed by atoms with van der Waals surface area (Å²) in [6, 6.07) is 6.66. The van der Waals surface area contributed by atoms with Crippen LogP contribution in [0.25, 0.3) is 0 Å². The van der Waals surface area contributed by atoms with Gasteiger partial charge >= 0.3 is 0 Å². The summed E-state index contributed by atoms with van der Waals surface area (Å²) in [7, 11) is -3.66. The van der Waals surface area contributed by atoms with Crippen LogP contribution in [-0.4, -0.2) is 13.4 Å². The molecule has 0 aliphatic rings. The third-order valence-corrected chi connectivity index (χ3v) is 5.41. The first kappa shape index (κ1) is 15.4. The van der Waals surface area contributed by atoms with Gasteiger partial charge in [-0.15, -0.1) is 0 Å². The molecule has 0 radical (unpaired) electrons. The Hall–Kier alpha value is -0.950. The van der Waals surface area contributed by atoms with Crippen LogP contribution < -0.4 is 4.72 Å². The topological polar surface area (TPSA) is 59.1 Å². The van der Waals surface area contributed by atoms with Crippen LogP contribution >= 0.6 is 27.5 Å². The zero-order valence-electron chi connectivity index (χ0n) is 10.6. The smallest absolute Gasteiger partial charge is 0.242 e. The lowest BCUT2D eigenvalue weighted by molar-refractivity contribution is 0.581. The minimum Gasteiger partial charge on any atom is -0.264 e. The van der Waals surface area contributed by atoms with Gasteiger partial charge in [0.1, 0.15) is 4.90 Å². The monoisotopic (exact) mass is 374 g/mol. The highest BCUT2D eigenvalue weighted by Crippen LogP contribution is 2.28. The molecule has 2 rings (SSSR count). The SMILES string of the molecule is Cc1cc(S(=O)(=O)NCc2cccnc2)c(Cl)cc1Br. The van der Waals surface area contributed by atoms with E-state index in [1.807, 2.05) is 0 Å². The summed E-state index contributed by atoms with van der Waals surface area (Å²) in [6.45, 7) is 1.97. The standard InChI is InChI=1S/C13H12BrClN2O2S/c1-9-5-13(12(15)6-11(9)14)20(18,19)17-8-10-3-2-4-16-7-10/h2-7,17H,8H2,1H3. The number of hydrogen-bond acceptors (Lipinski definition) is 3. The third-order valence-electron chi connectivity index (χ3n) is 2.69. The van der Waals surface area contributed by atoms with Gasteiger partial charge in [-0.25, -0.2) is 13.1 Å². The summed E-state index contributed by atoms with van der Waals surface area (Å²) in [5, 5.41) is 0.182. The number of rotatable bonds is 4. The van der Waals surface area contributed by atoms with Gasteiger partial charge in [0.2, 0.25) is 10.0 Å². The maximum absolute atomic E-state index is 12.3. The quantitative estimate of drug-likeness (QED) is 0.892. The lowest BCUT2D eigenvalue weighted by Gasteiger charge is -2.10. The molecule has 0 amide bonds. The molecule has 0 aliphatic carbocycles. The first-order chi connectivity index (χ1) is 9.40. The molecule has 0 bridgehead atoms. The number of nitrogens with zero attached hydrogens (tertiary/aromatic N) is 1. The van der Waals surface area contributed by atoms with Gasteiger partial charge in [-0.05, 0) is 36.2 Å². The first-order valence-electron chi connectivity index (χ1n) is 5.74. The van der Waals surface area contributed by atoms with Crippen molar-refractivity contribution in [3.8, 4) is 0 Å². The van der Waals surface area contributed by atoms with Gasteiger partial charge in [0, 0.05) is 23.4 Å². The summed E-state index contributed by atoms with van der Waals surface area (Å²) in [5.41, 5.74) is 1.58. The van der Waals surface area contributed by atoms with E-state index >= 15 is 0 Å². The molecule has 1 aromatic heterocycles. The van der Waals surface area contributed by atoms with Gasteiger partial charge in [-0.1, -0.05) is 33.6 Å². The number of aromatic nitrogens is 1. The molecule has 4 nitrogen and oxygen atoms in total. The zero-order valence-corrected chi connectivity index (χ0v) is 13.8. The fourth-order valence-corrected chi connectivity index (χ4v) is 3.70. The molecule has 0 atom stereocenters. The average Bonchev–Trinajstić information content (AvgIpc) is 2.42. The molecule has 106 valence electrons. The van der Waals surface area contributed by atoms with Crippen molar-refractivity contribution in [2.24, 2.45) is 0 Å². The van der Waals surface area contributed by atoms with Gasteiger partial charge in [-0.3, -0.25) is 4.98 Å². The molecule has 0 saturated carbocycles. The highest BCUT2D eigenvalue weighted by atomic mass is 79.9. The Labute approximate surface area is 131 Å². The Balaban J connectivity index is 2.25. The number of nitrogens with one attached hydrogen (secondary N) is 1. The highest BCUT2D eigenvalue weighted by molar-refractivity contribution is 9.10. The number of hydrogen-bond donors (Lipinski definition) is 1. The fraction of sp³-hybridized carbons (Fsp3) is 0.154. The van der Waals surface area contributed by atoms with Crippen LogP contribution in [0, 0.1) is 6.92 Å². The molecule has 1 heterocycles. The lowest BCUT2D eigenvalue weighted by atomic mass is 10.2. The van der Waals surface area contributed by atoms with E-state index in [-0.39, 0.29) is 16.5 Å². The molecule has 0 aliphatic heterocycles. The zero-order chi connectivity index (χ0) is 14.8. The average molecular weight is 376 g/mol. The van der Waals surface area contributed by atoms with Crippen LogP contribution in [-0.2, 0) is 16.6 Å². The number of benzene rings is 1. The van der Waals surface area contributed by atoms with E-state index in [2.05, 4.69) is 25.6 Å². The van der Waals surface area contributed by atoms with E-state index in [1.165, 1.54) is 6.07 Å². The number of aryl methyl sites for hydroxylation is 1. The summed E-state index contributed by atoms with van der Waals surface area (Å²) in [4.78, 5) is 4.01. The van der Waals surface area contributed by atoms with Crippen LogP contribution in [0.5, 0.6) is 0 Å². The van der Waals surface area contributed by atoms with Crippen molar-refractivity contribution in [1.82, 2.24) is 9.71 Å². The van der Waals surface area contributed by atoms with E-state index in [0.29, 0.717) is 0 Å². The minimum absolute atomic E-state index is 0.0729. The summed E-state index contributed by atoms with van der Waals surface area (Å²) < 4.78 is 27.8. The Morgan fingerprint density at radius 3 is 2.80 bits per heavy atom. The number of sulfonamides is 1. The molecule has 0 saturated heterocycles. The van der Waals surface area contributed by atoms with Crippen molar-refractivity contribution < 1.29 is 8.42 Å². The Morgan fingerprint density at radius 2 is 2.15 bits per heavy atom. The van der Waals surface area contributed by atoms with Gasteiger partial charge < -0.3 is 0 Å². The first-order valence-corrected chi connectivity index (χ1v) is 8.40. The summed E-state index contributed by atoms with van der Waals surface area (Å²) >= 11 is 9.32. The molecule has 1 aromatic carbocycles. The van der Waals surface area contributed by atoms with Crippen molar-refractivity contribution in [2.45, 2.75) is 18.4 Å². The molecule has 20 heavy (non-hydrogen) atoms. The van der Waals surface area contributed by atoms with Gasteiger partial charge in [0.15, 0.2) is 0 Å². The van der Waals surface area contributed by atoms with E-state index in [9.17, 15) is 8.42 Å². The minimum atomic E-state index is -3.66. The molecule has 0 unspecified atom stereocenters. The van der Waals surface area contributed by atoms with E-state index in [0.717, 1.165) is 15.6 Å². The normalized spacial score (nSPS) is 11.6. The largest absolute Gasteiger partial charge is 0.264 e. The van der Waals surface area contributed by atoms with Gasteiger partial charge in [-0.2, -0.15) is 0 Å². The number of halogens is 2. The third kappa shape index (κ3) is 3.58. The molecule has 0 fully saturated rings. The van der Waals surface area contributed by atoms with Gasteiger partial charge in [0.05, 0.1) is 5.02 Å². The Kier molecular flexibility index (Phi) is 4.80. The van der Waals surface area contributed by atoms with Gasteiger partial charge in [0.25, 0.3) is 0 Å². The maximum Gasteiger partial charge on any atom is 0.242 e. The van der Waals surface area contributed by atoms with Crippen LogP contribution in [0.1, 0.15) is 11.1 Å². The van der Waals surface area contributed by atoms with E-state index in [1.54, 1.807) is 37.5 Å². The predicted molar refractivity (Wildman–Crippen MR) is 82.2 cm³/mol. The second-order valence-corrected chi connectivity index (χ2v) is 7.21. The van der Waals surface area contributed by atoms with Crippen molar-refractivity contribution >= 4 is 37.6 Å². The van der Waals surface area contributed by atoms with Crippen molar-refractivity contribution in [1.29, 1.82) is 0 Å². The van der Waals surface area contributed by atoms with Crippen LogP contribution in [0.15, 0.2) is 46.0 Å². The van der Waals surface area contributed by atoms with E-state index in [4.69, 9.17) is 11.6 Å². The van der Waals surface area contributed by atoms with Crippen LogP contribution in [0.2, 0.25) is 5.02 Å². The fourth-order valence-electron chi connectivity index (χ4n) is 1.60. The second-order valence-electron chi connectivity index (χ2n) is 4.22. The molecule has 7 heteroatoms. The molecule has 1 N–H and O–H groups in total. The summed E-state index contributed by atoms with van der Waals surface area (Å²) in [6.07, 6.45) is 3.24. The Morgan fingerprint density at radius 1 is 1.40 bits per heavy atom. The Bertz CT molecular complexity index is 721. The highest BCUT2D eigenvalue weighted by Gasteiger charge is 2.19. The molecular weight excluding hydrogens is 364 g/mol. The predicted octanol–water partition coefficient (Wildman–Crippen LogP) is 3.28. The molecule has 2 aromatic rings. The molecular formula is C13H12BrClN2O2S. The van der Waals surface area contributed by atoms with Crippen molar-refractivity contribution in [3.63, 3.8) is 0 Å². The van der Waals surface area contributed by atoms with Crippen molar-refractivity contribution in [3.05, 3.63) is 57.3 Å². The van der Waals surface area contributed by atoms with E-state index < -0.39 is 10.0 Å². The second kappa shape index (κ2) is 6.22. The molecule has 0 spiro atoms. The maximum atomic E-state index is 12.3. The lowest BCUT2D eigenvalue weighted by Crippen LogP contribution is -2.23. The number of pyridine rings is 1. The van der Waals surface area contributed by atoms with Crippen molar-refractivity contribution in [2.75, 3.05) is 0 Å². The van der Waals surface area contributed by atoms with Crippen LogP contribution in [0.4, 0.5) is 0 Å².